The highest BCUT2D eigenvalue weighted by Gasteiger charge is 2.40. The van der Waals surface area contributed by atoms with Crippen LogP contribution in [-0.2, 0) is 10.8 Å². The van der Waals surface area contributed by atoms with E-state index in [4.69, 9.17) is 0 Å². The third-order valence-electron chi connectivity index (χ3n) is 3.03. The molecule has 0 saturated heterocycles. The SMILES string of the molecule is CS(=O)CCNC(C1CC1)C1CC1. The molecule has 1 atom stereocenters. The molecule has 0 aromatic heterocycles. The molecule has 2 rings (SSSR count). The van der Waals surface area contributed by atoms with E-state index in [9.17, 15) is 4.21 Å². The van der Waals surface area contributed by atoms with Crippen LogP contribution in [0.15, 0.2) is 0 Å². The third-order valence-corrected chi connectivity index (χ3v) is 3.81. The van der Waals surface area contributed by atoms with E-state index in [2.05, 4.69) is 5.32 Å². The molecule has 2 saturated carbocycles. The Labute approximate surface area is 82.9 Å². The first kappa shape index (κ1) is 9.66. The average molecular weight is 201 g/mol. The summed E-state index contributed by atoms with van der Waals surface area (Å²) in [5.41, 5.74) is 0. The molecule has 2 nitrogen and oxygen atoms in total. The van der Waals surface area contributed by atoms with Crippen molar-refractivity contribution in [1.29, 1.82) is 0 Å². The van der Waals surface area contributed by atoms with Crippen LogP contribution >= 0.6 is 0 Å². The highest BCUT2D eigenvalue weighted by atomic mass is 32.2. The number of rotatable bonds is 6. The zero-order valence-corrected chi connectivity index (χ0v) is 9.11. The molecule has 2 fully saturated rings. The molecule has 0 bridgehead atoms. The molecule has 0 spiro atoms. The van der Waals surface area contributed by atoms with Crippen LogP contribution in [0.3, 0.4) is 0 Å². The Kier molecular flexibility index (Phi) is 3.04. The summed E-state index contributed by atoms with van der Waals surface area (Å²) < 4.78 is 10.9. The minimum atomic E-state index is -0.630. The Morgan fingerprint density at radius 2 is 1.85 bits per heavy atom. The summed E-state index contributed by atoms with van der Waals surface area (Å²) in [4.78, 5) is 0. The summed E-state index contributed by atoms with van der Waals surface area (Å²) in [6, 6.07) is 0.767. The van der Waals surface area contributed by atoms with Gasteiger partial charge in [0.1, 0.15) is 0 Å². The van der Waals surface area contributed by atoms with Gasteiger partial charge in [-0.15, -0.1) is 0 Å². The predicted octanol–water partition coefficient (Wildman–Crippen LogP) is 1.14. The van der Waals surface area contributed by atoms with Gasteiger partial charge in [-0.05, 0) is 37.5 Å². The molecule has 3 heteroatoms. The minimum Gasteiger partial charge on any atom is -0.313 e. The zero-order valence-electron chi connectivity index (χ0n) is 8.29. The lowest BCUT2D eigenvalue weighted by Gasteiger charge is -2.16. The van der Waals surface area contributed by atoms with Crippen molar-refractivity contribution in [2.24, 2.45) is 11.8 Å². The highest BCUT2D eigenvalue weighted by Crippen LogP contribution is 2.44. The normalized spacial score (nSPS) is 25.1. The summed E-state index contributed by atoms with van der Waals surface area (Å²) in [6.45, 7) is 0.945. The third kappa shape index (κ3) is 3.06. The standard InChI is InChI=1S/C10H19NOS/c1-13(12)7-6-11-10(8-2-3-8)9-4-5-9/h8-11H,2-7H2,1H3. The van der Waals surface area contributed by atoms with Crippen molar-refractivity contribution in [3.63, 3.8) is 0 Å². The molecule has 1 N–H and O–H groups in total. The molecule has 0 aliphatic heterocycles. The number of hydrogen-bond acceptors (Lipinski definition) is 2. The fraction of sp³-hybridized carbons (Fsp3) is 1.00. The van der Waals surface area contributed by atoms with Crippen molar-refractivity contribution in [3.8, 4) is 0 Å². The lowest BCUT2D eigenvalue weighted by Crippen LogP contribution is -2.35. The smallest absolute Gasteiger partial charge is 0.0357 e. The molecule has 0 aromatic carbocycles. The van der Waals surface area contributed by atoms with E-state index < -0.39 is 10.8 Å². The van der Waals surface area contributed by atoms with Crippen LogP contribution in [0.4, 0.5) is 0 Å². The monoisotopic (exact) mass is 201 g/mol. The van der Waals surface area contributed by atoms with Crippen molar-refractivity contribution in [1.82, 2.24) is 5.32 Å². The van der Waals surface area contributed by atoms with E-state index in [0.29, 0.717) is 0 Å². The van der Waals surface area contributed by atoms with E-state index in [-0.39, 0.29) is 0 Å². The maximum absolute atomic E-state index is 10.9. The number of nitrogens with one attached hydrogen (secondary N) is 1. The second-order valence-electron chi connectivity index (χ2n) is 4.43. The first-order valence-electron chi connectivity index (χ1n) is 5.31. The topological polar surface area (TPSA) is 29.1 Å². The molecule has 76 valence electrons. The van der Waals surface area contributed by atoms with Crippen LogP contribution in [0.5, 0.6) is 0 Å². The van der Waals surface area contributed by atoms with Gasteiger partial charge < -0.3 is 5.32 Å². The fourth-order valence-electron chi connectivity index (χ4n) is 2.00. The fourth-order valence-corrected chi connectivity index (χ4v) is 2.40. The van der Waals surface area contributed by atoms with Crippen molar-refractivity contribution >= 4 is 10.8 Å². The van der Waals surface area contributed by atoms with Gasteiger partial charge in [0, 0.05) is 35.4 Å². The molecule has 0 amide bonds. The quantitative estimate of drug-likeness (QED) is 0.698. The Bertz CT molecular complexity index is 187. The van der Waals surface area contributed by atoms with Gasteiger partial charge in [0.2, 0.25) is 0 Å². The second kappa shape index (κ2) is 4.09. The molecule has 1 unspecified atom stereocenters. The Hall–Kier alpha value is 0.110. The zero-order chi connectivity index (χ0) is 9.26. The average Bonchev–Trinajstić information content (AvgIpc) is 2.89. The van der Waals surface area contributed by atoms with Gasteiger partial charge in [-0.1, -0.05) is 0 Å². The first-order chi connectivity index (χ1) is 6.27. The Morgan fingerprint density at radius 1 is 1.31 bits per heavy atom. The van der Waals surface area contributed by atoms with Gasteiger partial charge in [-0.3, -0.25) is 4.21 Å². The minimum absolute atomic E-state index is 0.630. The highest BCUT2D eigenvalue weighted by molar-refractivity contribution is 7.84. The molecule has 0 radical (unpaired) electrons. The van der Waals surface area contributed by atoms with E-state index in [1.54, 1.807) is 6.26 Å². The Morgan fingerprint density at radius 3 is 2.23 bits per heavy atom. The van der Waals surface area contributed by atoms with Crippen molar-refractivity contribution in [3.05, 3.63) is 0 Å². The van der Waals surface area contributed by atoms with Crippen LogP contribution in [0.25, 0.3) is 0 Å². The molecule has 0 heterocycles. The van der Waals surface area contributed by atoms with E-state index in [1.165, 1.54) is 25.7 Å². The van der Waals surface area contributed by atoms with Crippen LogP contribution in [0.1, 0.15) is 25.7 Å². The Balaban J connectivity index is 1.67. The van der Waals surface area contributed by atoms with E-state index >= 15 is 0 Å². The summed E-state index contributed by atoms with van der Waals surface area (Å²) in [6.07, 6.45) is 7.46. The van der Waals surface area contributed by atoms with Gasteiger partial charge in [-0.25, -0.2) is 0 Å². The maximum Gasteiger partial charge on any atom is 0.0357 e. The lowest BCUT2D eigenvalue weighted by atomic mass is 10.1. The van der Waals surface area contributed by atoms with Crippen LogP contribution in [0.2, 0.25) is 0 Å². The second-order valence-corrected chi connectivity index (χ2v) is 5.99. The molecule has 0 aromatic rings. The predicted molar refractivity (Wildman–Crippen MR) is 56.2 cm³/mol. The molecule has 2 aliphatic rings. The maximum atomic E-state index is 10.9. The molecule has 2 aliphatic carbocycles. The van der Waals surface area contributed by atoms with Gasteiger partial charge >= 0.3 is 0 Å². The van der Waals surface area contributed by atoms with Crippen molar-refractivity contribution in [2.45, 2.75) is 31.7 Å². The molecular formula is C10H19NOS. The van der Waals surface area contributed by atoms with E-state index in [1.807, 2.05) is 0 Å². The van der Waals surface area contributed by atoms with Crippen molar-refractivity contribution < 1.29 is 4.21 Å². The van der Waals surface area contributed by atoms with Gasteiger partial charge in [0.15, 0.2) is 0 Å². The molecular weight excluding hydrogens is 182 g/mol. The van der Waals surface area contributed by atoms with Crippen molar-refractivity contribution in [2.75, 3.05) is 18.6 Å². The largest absolute Gasteiger partial charge is 0.313 e. The first-order valence-corrected chi connectivity index (χ1v) is 7.03. The van der Waals surface area contributed by atoms with Crippen LogP contribution < -0.4 is 5.32 Å². The van der Waals surface area contributed by atoms with Crippen LogP contribution in [-0.4, -0.2) is 28.8 Å². The van der Waals surface area contributed by atoms with Gasteiger partial charge in [0.05, 0.1) is 0 Å². The summed E-state index contributed by atoms with van der Waals surface area (Å²) >= 11 is 0. The summed E-state index contributed by atoms with van der Waals surface area (Å²) in [5, 5.41) is 3.58. The number of hydrogen-bond donors (Lipinski definition) is 1. The van der Waals surface area contributed by atoms with Gasteiger partial charge in [0.25, 0.3) is 0 Å². The van der Waals surface area contributed by atoms with E-state index in [0.717, 1.165) is 30.2 Å². The summed E-state index contributed by atoms with van der Waals surface area (Å²) in [5.74, 6) is 2.73. The lowest BCUT2D eigenvalue weighted by molar-refractivity contribution is 0.428. The van der Waals surface area contributed by atoms with Crippen LogP contribution in [0, 0.1) is 11.8 Å². The summed E-state index contributed by atoms with van der Waals surface area (Å²) in [7, 11) is -0.630. The molecule has 13 heavy (non-hydrogen) atoms. The van der Waals surface area contributed by atoms with Gasteiger partial charge in [-0.2, -0.15) is 0 Å².